The number of benzene rings is 2. The van der Waals surface area contributed by atoms with Crippen LogP contribution in [0.1, 0.15) is 40.3 Å². The van der Waals surface area contributed by atoms with Crippen molar-refractivity contribution in [3.8, 4) is 0 Å². The molecule has 3 aromatic rings. The first-order chi connectivity index (χ1) is 14.9. The van der Waals surface area contributed by atoms with E-state index < -0.39 is 0 Å². The number of halogens is 1. The van der Waals surface area contributed by atoms with Crippen LogP contribution in [-0.2, 0) is 11.3 Å². The monoisotopic (exact) mass is 424 g/mol. The molecule has 1 saturated heterocycles. The fraction of sp³-hybridized carbons (Fsp3) is 0.333. The van der Waals surface area contributed by atoms with E-state index in [1.807, 2.05) is 38.1 Å². The van der Waals surface area contributed by atoms with Crippen molar-refractivity contribution >= 4 is 22.8 Å². The van der Waals surface area contributed by atoms with Gasteiger partial charge in [-0.2, -0.15) is 0 Å². The van der Waals surface area contributed by atoms with Crippen LogP contribution in [0.5, 0.6) is 0 Å². The summed E-state index contributed by atoms with van der Waals surface area (Å²) in [6, 6.07) is 13.0. The van der Waals surface area contributed by atoms with Gasteiger partial charge in [-0.05, 0) is 44.2 Å². The normalized spacial score (nSPS) is 14.5. The number of furan rings is 1. The highest BCUT2D eigenvalue weighted by Gasteiger charge is 2.29. The van der Waals surface area contributed by atoms with Crippen LogP contribution in [0, 0.1) is 5.82 Å². The summed E-state index contributed by atoms with van der Waals surface area (Å²) in [7, 11) is 0. The Bertz CT molecular complexity index is 1080. The van der Waals surface area contributed by atoms with Gasteiger partial charge in [0.1, 0.15) is 11.4 Å². The van der Waals surface area contributed by atoms with Crippen LogP contribution >= 0.6 is 0 Å². The molecule has 7 heteroatoms. The van der Waals surface area contributed by atoms with Crippen LogP contribution in [0.2, 0.25) is 0 Å². The molecule has 0 aliphatic carbocycles. The van der Waals surface area contributed by atoms with Crippen molar-refractivity contribution < 1.29 is 23.1 Å². The minimum absolute atomic E-state index is 0.0256. The Labute approximate surface area is 180 Å². The van der Waals surface area contributed by atoms with E-state index in [4.69, 9.17) is 9.15 Å². The molecule has 1 fully saturated rings. The molecule has 6 nitrogen and oxygen atoms in total. The molecule has 0 spiro atoms. The van der Waals surface area contributed by atoms with Gasteiger partial charge >= 0.3 is 0 Å². The quantitative estimate of drug-likeness (QED) is 0.619. The standard InChI is InChI=1S/C24H25FN2O4/c1-16(2)30-15-20-19-5-3-4-6-21(19)31-22(20)24(29)27-13-11-26(12-14-27)23(28)17-7-9-18(25)10-8-17/h3-10,16H,11-15H2,1-2H3. The van der Waals surface area contributed by atoms with E-state index in [0.717, 1.165) is 10.9 Å². The Balaban J connectivity index is 1.48. The lowest BCUT2D eigenvalue weighted by molar-refractivity contribution is 0.0500. The third-order valence-corrected chi connectivity index (χ3v) is 5.40. The van der Waals surface area contributed by atoms with Crippen molar-refractivity contribution in [2.24, 2.45) is 0 Å². The molecular formula is C24H25FN2O4. The predicted molar refractivity (Wildman–Crippen MR) is 114 cm³/mol. The Kier molecular flexibility index (Phi) is 6.04. The lowest BCUT2D eigenvalue weighted by Gasteiger charge is -2.34. The Morgan fingerprint density at radius 2 is 1.58 bits per heavy atom. The minimum atomic E-state index is -0.380. The molecule has 2 heterocycles. The molecule has 0 bridgehead atoms. The van der Waals surface area contributed by atoms with Crippen molar-refractivity contribution in [2.75, 3.05) is 26.2 Å². The maximum absolute atomic E-state index is 13.3. The number of hydrogen-bond donors (Lipinski definition) is 0. The predicted octanol–water partition coefficient (Wildman–Crippen LogP) is 4.10. The van der Waals surface area contributed by atoms with E-state index in [2.05, 4.69) is 0 Å². The van der Waals surface area contributed by atoms with Gasteiger partial charge < -0.3 is 19.0 Å². The molecule has 1 aliphatic heterocycles. The topological polar surface area (TPSA) is 63.0 Å². The molecule has 1 aliphatic rings. The largest absolute Gasteiger partial charge is 0.451 e. The third-order valence-electron chi connectivity index (χ3n) is 5.40. The van der Waals surface area contributed by atoms with Crippen LogP contribution in [0.25, 0.3) is 11.0 Å². The number of carbonyl (C=O) groups excluding carboxylic acids is 2. The van der Waals surface area contributed by atoms with E-state index in [0.29, 0.717) is 49.7 Å². The van der Waals surface area contributed by atoms with Crippen LogP contribution in [0.4, 0.5) is 4.39 Å². The molecule has 0 N–H and O–H groups in total. The average molecular weight is 424 g/mol. The fourth-order valence-electron chi connectivity index (χ4n) is 3.70. The summed E-state index contributed by atoms with van der Waals surface area (Å²) in [5, 5.41) is 0.872. The smallest absolute Gasteiger partial charge is 0.290 e. The van der Waals surface area contributed by atoms with Crippen LogP contribution in [0.3, 0.4) is 0 Å². The van der Waals surface area contributed by atoms with E-state index in [1.165, 1.54) is 24.3 Å². The van der Waals surface area contributed by atoms with E-state index in [1.54, 1.807) is 9.80 Å². The van der Waals surface area contributed by atoms with Gasteiger partial charge in [-0.25, -0.2) is 4.39 Å². The molecule has 1 aromatic heterocycles. The highest BCUT2D eigenvalue weighted by Crippen LogP contribution is 2.28. The summed E-state index contributed by atoms with van der Waals surface area (Å²) in [6.07, 6.45) is 0.0256. The van der Waals surface area contributed by atoms with Gasteiger partial charge in [0.05, 0.1) is 12.7 Å². The molecule has 2 aromatic carbocycles. The summed E-state index contributed by atoms with van der Waals surface area (Å²) in [5.41, 5.74) is 1.84. The molecule has 31 heavy (non-hydrogen) atoms. The summed E-state index contributed by atoms with van der Waals surface area (Å²) in [6.45, 7) is 5.78. The summed E-state index contributed by atoms with van der Waals surface area (Å²) >= 11 is 0. The molecule has 0 saturated carbocycles. The zero-order valence-corrected chi connectivity index (χ0v) is 17.6. The molecule has 0 unspecified atom stereocenters. The van der Waals surface area contributed by atoms with Crippen molar-refractivity contribution in [2.45, 2.75) is 26.6 Å². The lowest BCUT2D eigenvalue weighted by Crippen LogP contribution is -2.50. The molecule has 162 valence electrons. The minimum Gasteiger partial charge on any atom is -0.451 e. The van der Waals surface area contributed by atoms with Gasteiger partial charge in [0, 0.05) is 42.7 Å². The lowest BCUT2D eigenvalue weighted by atomic mass is 10.1. The van der Waals surface area contributed by atoms with Gasteiger partial charge in [-0.15, -0.1) is 0 Å². The number of amides is 2. The number of carbonyl (C=O) groups is 2. The Morgan fingerprint density at radius 1 is 0.968 bits per heavy atom. The molecular weight excluding hydrogens is 399 g/mol. The number of rotatable bonds is 5. The second-order valence-corrected chi connectivity index (χ2v) is 7.86. The van der Waals surface area contributed by atoms with Gasteiger partial charge in [0.15, 0.2) is 5.76 Å². The van der Waals surface area contributed by atoms with Crippen LogP contribution < -0.4 is 0 Å². The number of para-hydroxylation sites is 1. The maximum Gasteiger partial charge on any atom is 0.290 e. The van der Waals surface area contributed by atoms with Gasteiger partial charge in [-0.1, -0.05) is 18.2 Å². The number of hydrogen-bond acceptors (Lipinski definition) is 4. The number of nitrogens with zero attached hydrogens (tertiary/aromatic N) is 2. The van der Waals surface area contributed by atoms with Crippen molar-refractivity contribution in [3.05, 3.63) is 71.2 Å². The van der Waals surface area contributed by atoms with Crippen LogP contribution in [-0.4, -0.2) is 53.9 Å². The molecule has 0 atom stereocenters. The Morgan fingerprint density at radius 3 is 2.23 bits per heavy atom. The number of fused-ring (bicyclic) bond motifs is 1. The highest BCUT2D eigenvalue weighted by molar-refractivity contribution is 5.99. The second kappa shape index (κ2) is 8.89. The fourth-order valence-corrected chi connectivity index (χ4v) is 3.70. The average Bonchev–Trinajstić information content (AvgIpc) is 3.16. The second-order valence-electron chi connectivity index (χ2n) is 7.86. The molecule has 2 amide bonds. The van der Waals surface area contributed by atoms with E-state index >= 15 is 0 Å². The van der Waals surface area contributed by atoms with E-state index in [9.17, 15) is 14.0 Å². The number of ether oxygens (including phenoxy) is 1. The first kappa shape index (κ1) is 21.1. The molecule has 0 radical (unpaired) electrons. The third kappa shape index (κ3) is 4.46. The van der Waals surface area contributed by atoms with Crippen molar-refractivity contribution in [3.63, 3.8) is 0 Å². The highest BCUT2D eigenvalue weighted by atomic mass is 19.1. The van der Waals surface area contributed by atoms with Gasteiger partial charge in [0.25, 0.3) is 11.8 Å². The maximum atomic E-state index is 13.3. The van der Waals surface area contributed by atoms with Gasteiger partial charge in [0.2, 0.25) is 0 Å². The SMILES string of the molecule is CC(C)OCc1c(C(=O)N2CCN(C(=O)c3ccc(F)cc3)CC2)oc2ccccc12. The van der Waals surface area contributed by atoms with Crippen molar-refractivity contribution in [1.82, 2.24) is 9.80 Å². The molecule has 4 rings (SSSR count). The summed E-state index contributed by atoms with van der Waals surface area (Å²) in [4.78, 5) is 29.3. The van der Waals surface area contributed by atoms with E-state index in [-0.39, 0.29) is 23.7 Å². The summed E-state index contributed by atoms with van der Waals surface area (Å²) in [5.74, 6) is -0.454. The van der Waals surface area contributed by atoms with Gasteiger partial charge in [-0.3, -0.25) is 9.59 Å². The first-order valence-corrected chi connectivity index (χ1v) is 10.4. The summed E-state index contributed by atoms with van der Waals surface area (Å²) < 4.78 is 24.8. The zero-order chi connectivity index (χ0) is 22.0. The Hall–Kier alpha value is -3.19. The van der Waals surface area contributed by atoms with Crippen LogP contribution in [0.15, 0.2) is 52.9 Å². The number of piperazine rings is 1. The first-order valence-electron chi connectivity index (χ1n) is 10.4. The van der Waals surface area contributed by atoms with Crippen molar-refractivity contribution in [1.29, 1.82) is 0 Å². The zero-order valence-electron chi connectivity index (χ0n) is 17.6.